The molecule has 4 aromatic rings. The third kappa shape index (κ3) is 3.21. The van der Waals surface area contributed by atoms with Gasteiger partial charge in [0.05, 0.1) is 22.0 Å². The summed E-state index contributed by atoms with van der Waals surface area (Å²) >= 11 is 6.02. The van der Waals surface area contributed by atoms with Crippen LogP contribution in [0.25, 0.3) is 11.0 Å². The highest BCUT2D eigenvalue weighted by Crippen LogP contribution is 2.41. The molecule has 1 aliphatic rings. The van der Waals surface area contributed by atoms with Gasteiger partial charge in [0.1, 0.15) is 11.4 Å². The number of pyridine rings is 1. The lowest BCUT2D eigenvalue weighted by atomic mass is 9.86. The van der Waals surface area contributed by atoms with Gasteiger partial charge in [-0.15, -0.1) is 0 Å². The predicted octanol–water partition coefficient (Wildman–Crippen LogP) is 5.89. The summed E-state index contributed by atoms with van der Waals surface area (Å²) < 4.78 is 5.96. The lowest BCUT2D eigenvalue weighted by Gasteiger charge is -2.25. The first kappa shape index (κ1) is 20.5. The second-order valence-electron chi connectivity index (χ2n) is 8.95. The van der Waals surface area contributed by atoms with Gasteiger partial charge in [0, 0.05) is 6.20 Å². The molecule has 5 nitrogen and oxygen atoms in total. The minimum Gasteiger partial charge on any atom is -0.450 e. The van der Waals surface area contributed by atoms with Gasteiger partial charge in [-0.2, -0.15) is 0 Å². The summed E-state index contributed by atoms with van der Waals surface area (Å²) in [5.74, 6) is 0.0528. The zero-order valence-electron chi connectivity index (χ0n) is 17.9. The maximum absolute atomic E-state index is 13.5. The number of para-hydroxylation sites is 1. The molecule has 3 heterocycles. The van der Waals surface area contributed by atoms with Gasteiger partial charge in [-0.05, 0) is 40.8 Å². The Hall–Kier alpha value is -3.44. The maximum atomic E-state index is 13.5. The molecule has 0 saturated carbocycles. The van der Waals surface area contributed by atoms with Crippen molar-refractivity contribution in [3.63, 3.8) is 0 Å². The SMILES string of the molecule is CC(C)(C)c1ccc(C2c3c(oc4ccccc4c3=O)C(=O)N2c2ccc(Cl)cn2)cc1. The number of halogens is 1. The van der Waals surface area contributed by atoms with Crippen molar-refractivity contribution in [2.45, 2.75) is 32.2 Å². The van der Waals surface area contributed by atoms with Gasteiger partial charge in [0.15, 0.2) is 5.43 Å². The molecule has 1 amide bonds. The number of hydrogen-bond acceptors (Lipinski definition) is 4. The third-order valence-corrected chi connectivity index (χ3v) is 6.05. The van der Waals surface area contributed by atoms with Gasteiger partial charge < -0.3 is 4.42 Å². The van der Waals surface area contributed by atoms with Gasteiger partial charge in [0.25, 0.3) is 5.91 Å². The quantitative estimate of drug-likeness (QED) is 0.386. The minimum atomic E-state index is -0.652. The number of anilines is 1. The maximum Gasteiger partial charge on any atom is 0.296 e. The third-order valence-electron chi connectivity index (χ3n) is 5.83. The Morgan fingerprint density at radius 2 is 1.69 bits per heavy atom. The zero-order chi connectivity index (χ0) is 22.6. The number of fused-ring (bicyclic) bond motifs is 2. The smallest absolute Gasteiger partial charge is 0.296 e. The Labute approximate surface area is 190 Å². The van der Waals surface area contributed by atoms with Crippen LogP contribution in [-0.2, 0) is 5.41 Å². The number of rotatable bonds is 2. The van der Waals surface area contributed by atoms with Crippen molar-refractivity contribution >= 4 is 34.3 Å². The molecule has 0 spiro atoms. The van der Waals surface area contributed by atoms with E-state index in [0.29, 0.717) is 27.4 Å². The Morgan fingerprint density at radius 3 is 2.34 bits per heavy atom. The highest BCUT2D eigenvalue weighted by Gasteiger charge is 2.44. The van der Waals surface area contributed by atoms with Gasteiger partial charge in [0.2, 0.25) is 5.76 Å². The largest absolute Gasteiger partial charge is 0.450 e. The van der Waals surface area contributed by atoms with E-state index in [1.165, 1.54) is 11.1 Å². The fourth-order valence-electron chi connectivity index (χ4n) is 4.15. The van der Waals surface area contributed by atoms with Crippen LogP contribution in [0.2, 0.25) is 5.02 Å². The van der Waals surface area contributed by atoms with Crippen molar-refractivity contribution < 1.29 is 9.21 Å². The van der Waals surface area contributed by atoms with E-state index in [4.69, 9.17) is 16.0 Å². The number of nitrogens with zero attached hydrogens (tertiary/aromatic N) is 2. The van der Waals surface area contributed by atoms with Crippen LogP contribution in [0.5, 0.6) is 0 Å². The molecule has 0 bridgehead atoms. The fourth-order valence-corrected chi connectivity index (χ4v) is 4.26. The van der Waals surface area contributed by atoms with E-state index in [9.17, 15) is 9.59 Å². The summed E-state index contributed by atoms with van der Waals surface area (Å²) in [6, 6.07) is 17.7. The summed E-state index contributed by atoms with van der Waals surface area (Å²) in [6.07, 6.45) is 1.48. The normalized spacial score (nSPS) is 15.9. The Kier molecular flexibility index (Phi) is 4.68. The molecule has 2 aromatic carbocycles. The second kappa shape index (κ2) is 7.31. The number of amides is 1. The molecule has 5 rings (SSSR count). The molecule has 2 aromatic heterocycles. The monoisotopic (exact) mass is 444 g/mol. The Bertz CT molecular complexity index is 1400. The summed E-state index contributed by atoms with van der Waals surface area (Å²) in [5.41, 5.74) is 2.45. The molecule has 1 unspecified atom stereocenters. The van der Waals surface area contributed by atoms with Crippen molar-refractivity contribution in [2.24, 2.45) is 0 Å². The van der Waals surface area contributed by atoms with E-state index >= 15 is 0 Å². The highest BCUT2D eigenvalue weighted by atomic mass is 35.5. The Morgan fingerprint density at radius 1 is 0.969 bits per heavy atom. The van der Waals surface area contributed by atoms with Crippen LogP contribution in [0.1, 0.15) is 54.1 Å². The number of carbonyl (C=O) groups is 1. The van der Waals surface area contributed by atoms with Crippen molar-refractivity contribution in [3.8, 4) is 0 Å². The van der Waals surface area contributed by atoms with E-state index < -0.39 is 11.9 Å². The van der Waals surface area contributed by atoms with Crippen molar-refractivity contribution in [3.05, 3.63) is 105 Å². The van der Waals surface area contributed by atoms with Crippen molar-refractivity contribution in [1.29, 1.82) is 0 Å². The fraction of sp³-hybridized carbons (Fsp3) is 0.192. The molecule has 6 heteroatoms. The second-order valence-corrected chi connectivity index (χ2v) is 9.39. The molecule has 1 atom stereocenters. The first-order valence-electron chi connectivity index (χ1n) is 10.4. The van der Waals surface area contributed by atoms with Crippen LogP contribution in [0.3, 0.4) is 0 Å². The number of carbonyl (C=O) groups excluding carboxylic acids is 1. The molecular formula is C26H21ClN2O3. The van der Waals surface area contributed by atoms with Crippen LogP contribution < -0.4 is 10.3 Å². The van der Waals surface area contributed by atoms with Gasteiger partial charge in [-0.3, -0.25) is 14.5 Å². The van der Waals surface area contributed by atoms with Crippen LogP contribution >= 0.6 is 11.6 Å². The molecule has 160 valence electrons. The van der Waals surface area contributed by atoms with Gasteiger partial charge in [-0.1, -0.05) is 68.8 Å². The molecule has 0 saturated heterocycles. The zero-order valence-corrected chi connectivity index (χ0v) is 18.7. The summed E-state index contributed by atoms with van der Waals surface area (Å²) in [4.78, 5) is 32.9. The number of benzene rings is 2. The van der Waals surface area contributed by atoms with Gasteiger partial charge in [-0.25, -0.2) is 4.98 Å². The average Bonchev–Trinajstić information content (AvgIpc) is 3.07. The van der Waals surface area contributed by atoms with E-state index in [2.05, 4.69) is 25.8 Å². The molecule has 0 aliphatic carbocycles. The van der Waals surface area contributed by atoms with Crippen LogP contribution in [0, 0.1) is 0 Å². The lowest BCUT2D eigenvalue weighted by Crippen LogP contribution is -2.30. The lowest BCUT2D eigenvalue weighted by molar-refractivity contribution is 0.0970. The average molecular weight is 445 g/mol. The van der Waals surface area contributed by atoms with Crippen molar-refractivity contribution in [2.75, 3.05) is 4.90 Å². The number of aromatic nitrogens is 1. The van der Waals surface area contributed by atoms with Crippen molar-refractivity contribution in [1.82, 2.24) is 4.98 Å². The van der Waals surface area contributed by atoms with Gasteiger partial charge >= 0.3 is 0 Å². The first-order chi connectivity index (χ1) is 15.3. The molecular weight excluding hydrogens is 424 g/mol. The summed E-state index contributed by atoms with van der Waals surface area (Å²) in [6.45, 7) is 6.42. The molecule has 32 heavy (non-hydrogen) atoms. The Balaban J connectivity index is 1.76. The molecule has 1 aliphatic heterocycles. The topological polar surface area (TPSA) is 63.4 Å². The molecule has 0 radical (unpaired) electrons. The first-order valence-corrected chi connectivity index (χ1v) is 10.7. The van der Waals surface area contributed by atoms with Crippen LogP contribution in [0.4, 0.5) is 5.82 Å². The number of hydrogen-bond donors (Lipinski definition) is 0. The molecule has 0 N–H and O–H groups in total. The predicted molar refractivity (Wildman–Crippen MR) is 126 cm³/mol. The minimum absolute atomic E-state index is 0.0193. The van der Waals surface area contributed by atoms with Crippen LogP contribution in [-0.4, -0.2) is 10.9 Å². The van der Waals surface area contributed by atoms with E-state index in [-0.39, 0.29) is 16.6 Å². The summed E-state index contributed by atoms with van der Waals surface area (Å²) in [7, 11) is 0. The van der Waals surface area contributed by atoms with E-state index in [1.54, 1.807) is 36.4 Å². The highest BCUT2D eigenvalue weighted by molar-refractivity contribution is 6.30. The van der Waals surface area contributed by atoms with E-state index in [1.807, 2.05) is 24.3 Å². The standard InChI is InChI=1S/C26H21ClN2O3/c1-26(2,3)16-10-8-15(9-11-16)22-21-23(30)18-6-4-5-7-19(18)32-24(21)25(31)29(22)20-13-12-17(27)14-28-20/h4-14,22H,1-3H3. The van der Waals surface area contributed by atoms with E-state index in [0.717, 1.165) is 11.1 Å². The summed E-state index contributed by atoms with van der Waals surface area (Å²) in [5, 5.41) is 0.908. The van der Waals surface area contributed by atoms with Crippen LogP contribution in [0.15, 0.2) is 76.1 Å². The molecule has 0 fully saturated rings.